The lowest BCUT2D eigenvalue weighted by Gasteiger charge is -2.35. The van der Waals surface area contributed by atoms with Crippen LogP contribution in [0.2, 0.25) is 5.02 Å². The molecule has 1 aromatic carbocycles. The number of carbonyl (C=O) groups is 1. The van der Waals surface area contributed by atoms with Gasteiger partial charge in [-0.2, -0.15) is 5.26 Å². The summed E-state index contributed by atoms with van der Waals surface area (Å²) in [5.41, 5.74) is -0.559. The van der Waals surface area contributed by atoms with Crippen LogP contribution in [0.3, 0.4) is 0 Å². The quantitative estimate of drug-likeness (QED) is 0.620. The first-order valence-corrected chi connectivity index (χ1v) is 6.89. The van der Waals surface area contributed by atoms with Crippen LogP contribution in [0.15, 0.2) is 18.2 Å². The van der Waals surface area contributed by atoms with Crippen molar-refractivity contribution >= 4 is 23.2 Å². The molecule has 0 N–H and O–H groups in total. The number of rotatable bonds is 2. The molecule has 1 saturated heterocycles. The molecule has 1 fully saturated rings. The van der Waals surface area contributed by atoms with Crippen molar-refractivity contribution in [1.29, 1.82) is 5.26 Å². The lowest BCUT2D eigenvalue weighted by Crippen LogP contribution is -2.41. The Morgan fingerprint density at radius 1 is 1.48 bits per heavy atom. The van der Waals surface area contributed by atoms with Gasteiger partial charge in [0, 0.05) is 19.2 Å². The third-order valence-electron chi connectivity index (χ3n) is 3.83. The van der Waals surface area contributed by atoms with Gasteiger partial charge in [0.15, 0.2) is 0 Å². The molecular formula is C14H14ClN3O3. The van der Waals surface area contributed by atoms with Crippen molar-refractivity contribution < 1.29 is 9.72 Å². The summed E-state index contributed by atoms with van der Waals surface area (Å²) in [7, 11) is 0. The van der Waals surface area contributed by atoms with Crippen molar-refractivity contribution in [3.05, 3.63) is 38.9 Å². The van der Waals surface area contributed by atoms with E-state index >= 15 is 0 Å². The Bertz CT molecular complexity index is 631. The van der Waals surface area contributed by atoms with E-state index in [1.54, 1.807) is 4.90 Å². The minimum Gasteiger partial charge on any atom is -0.338 e. The van der Waals surface area contributed by atoms with Gasteiger partial charge >= 0.3 is 0 Å². The summed E-state index contributed by atoms with van der Waals surface area (Å²) in [6, 6.07) is 6.45. The van der Waals surface area contributed by atoms with Crippen molar-refractivity contribution in [1.82, 2.24) is 4.90 Å². The molecule has 1 aromatic rings. The van der Waals surface area contributed by atoms with Crippen LogP contribution in [0, 0.1) is 26.9 Å². The molecule has 1 aliphatic rings. The van der Waals surface area contributed by atoms with Gasteiger partial charge in [-0.15, -0.1) is 0 Å². The van der Waals surface area contributed by atoms with Crippen LogP contribution >= 0.6 is 11.6 Å². The molecule has 0 saturated carbocycles. The zero-order chi connectivity index (χ0) is 15.6. The van der Waals surface area contributed by atoms with E-state index in [4.69, 9.17) is 16.9 Å². The van der Waals surface area contributed by atoms with Crippen LogP contribution in [-0.4, -0.2) is 28.8 Å². The minimum absolute atomic E-state index is 0.131. The van der Waals surface area contributed by atoms with Crippen molar-refractivity contribution in [2.24, 2.45) is 5.41 Å². The number of nitriles is 1. The molecule has 1 amide bonds. The molecule has 7 heteroatoms. The van der Waals surface area contributed by atoms with Crippen LogP contribution in [0.5, 0.6) is 0 Å². The molecule has 1 aliphatic heterocycles. The Balaban J connectivity index is 2.21. The molecule has 0 aliphatic carbocycles. The summed E-state index contributed by atoms with van der Waals surface area (Å²) in [5.74, 6) is -0.330. The summed E-state index contributed by atoms with van der Waals surface area (Å²) in [5, 5.41) is 19.8. The predicted molar refractivity (Wildman–Crippen MR) is 77.0 cm³/mol. The summed E-state index contributed by atoms with van der Waals surface area (Å²) in [6.07, 6.45) is 1.17. The van der Waals surface area contributed by atoms with E-state index in [9.17, 15) is 14.9 Å². The van der Waals surface area contributed by atoms with Gasteiger partial charge in [0.05, 0.1) is 22.0 Å². The van der Waals surface area contributed by atoms with E-state index in [2.05, 4.69) is 6.07 Å². The van der Waals surface area contributed by atoms with Crippen molar-refractivity contribution in [2.45, 2.75) is 19.8 Å². The van der Waals surface area contributed by atoms with Gasteiger partial charge in [0.1, 0.15) is 5.02 Å². The number of benzene rings is 1. The highest BCUT2D eigenvalue weighted by Gasteiger charge is 2.33. The Kier molecular flexibility index (Phi) is 4.14. The topological polar surface area (TPSA) is 87.2 Å². The second-order valence-electron chi connectivity index (χ2n) is 5.36. The second kappa shape index (κ2) is 5.70. The Morgan fingerprint density at radius 2 is 2.10 bits per heavy atom. The number of halogens is 1. The van der Waals surface area contributed by atoms with E-state index in [0.717, 1.165) is 0 Å². The van der Waals surface area contributed by atoms with Crippen LogP contribution in [0.4, 0.5) is 5.69 Å². The summed E-state index contributed by atoms with van der Waals surface area (Å²) >= 11 is 5.96. The average molecular weight is 308 g/mol. The third-order valence-corrected chi connectivity index (χ3v) is 4.23. The third kappa shape index (κ3) is 2.98. The van der Waals surface area contributed by atoms with Crippen LogP contribution in [-0.2, 0) is 0 Å². The van der Waals surface area contributed by atoms with E-state index < -0.39 is 10.3 Å². The van der Waals surface area contributed by atoms with Gasteiger partial charge < -0.3 is 4.90 Å². The number of likely N-dealkylation sites (tertiary alicyclic amines) is 1. The number of nitro groups is 1. The van der Waals surface area contributed by atoms with Gasteiger partial charge in [-0.25, -0.2) is 0 Å². The fourth-order valence-corrected chi connectivity index (χ4v) is 2.59. The molecule has 0 aromatic heterocycles. The van der Waals surface area contributed by atoms with Crippen molar-refractivity contribution in [3.8, 4) is 6.07 Å². The van der Waals surface area contributed by atoms with Crippen molar-refractivity contribution in [2.75, 3.05) is 13.1 Å². The molecule has 0 spiro atoms. The monoisotopic (exact) mass is 307 g/mol. The normalized spacial score (nSPS) is 17.1. The molecule has 0 unspecified atom stereocenters. The maximum Gasteiger partial charge on any atom is 0.288 e. The number of nitrogens with zero attached hydrogens (tertiary/aromatic N) is 3. The molecule has 1 heterocycles. The zero-order valence-electron chi connectivity index (χ0n) is 11.5. The number of hydrogen-bond donors (Lipinski definition) is 0. The van der Waals surface area contributed by atoms with Gasteiger partial charge in [0.2, 0.25) is 0 Å². The first-order valence-electron chi connectivity index (χ1n) is 6.51. The smallest absolute Gasteiger partial charge is 0.288 e. The van der Waals surface area contributed by atoms with Crippen molar-refractivity contribution in [3.63, 3.8) is 0 Å². The number of amides is 1. The maximum atomic E-state index is 12.4. The fourth-order valence-electron chi connectivity index (χ4n) is 2.31. The van der Waals surface area contributed by atoms with Crippen LogP contribution in [0.1, 0.15) is 30.1 Å². The van der Waals surface area contributed by atoms with Gasteiger partial charge in [0.25, 0.3) is 11.6 Å². The van der Waals surface area contributed by atoms with Gasteiger partial charge in [-0.3, -0.25) is 14.9 Å². The molecular weight excluding hydrogens is 294 g/mol. The zero-order valence-corrected chi connectivity index (χ0v) is 12.3. The number of nitro benzene ring substituents is 1. The molecule has 110 valence electrons. The number of hydrogen-bond acceptors (Lipinski definition) is 4. The van der Waals surface area contributed by atoms with E-state index in [1.807, 2.05) is 6.92 Å². The second-order valence-corrected chi connectivity index (χ2v) is 5.74. The minimum atomic E-state index is -0.609. The highest BCUT2D eigenvalue weighted by molar-refractivity contribution is 6.35. The lowest BCUT2D eigenvalue weighted by atomic mass is 9.82. The van der Waals surface area contributed by atoms with Crippen LogP contribution < -0.4 is 0 Å². The SMILES string of the molecule is CC1(C#N)CCN(C(=O)c2cccc([N+](=O)[O-])c2Cl)CC1. The molecule has 21 heavy (non-hydrogen) atoms. The largest absolute Gasteiger partial charge is 0.338 e. The summed E-state index contributed by atoms with van der Waals surface area (Å²) in [4.78, 5) is 24.3. The molecule has 0 atom stereocenters. The highest BCUT2D eigenvalue weighted by Crippen LogP contribution is 2.33. The number of carbonyl (C=O) groups excluding carboxylic acids is 1. The van der Waals surface area contributed by atoms with Gasteiger partial charge in [-0.05, 0) is 25.8 Å². The fraction of sp³-hybridized carbons (Fsp3) is 0.429. The molecule has 0 radical (unpaired) electrons. The van der Waals surface area contributed by atoms with Crippen LogP contribution in [0.25, 0.3) is 0 Å². The van der Waals surface area contributed by atoms with Gasteiger partial charge in [-0.1, -0.05) is 17.7 Å². The average Bonchev–Trinajstić information content (AvgIpc) is 2.47. The first kappa shape index (κ1) is 15.3. The molecule has 2 rings (SSSR count). The van der Waals surface area contributed by atoms with E-state index in [0.29, 0.717) is 25.9 Å². The predicted octanol–water partition coefficient (Wildman–Crippen LogP) is 3.01. The highest BCUT2D eigenvalue weighted by atomic mass is 35.5. The Hall–Kier alpha value is -2.13. The lowest BCUT2D eigenvalue weighted by molar-refractivity contribution is -0.384. The standard InChI is InChI=1S/C14H14ClN3O3/c1-14(9-16)5-7-17(8-6-14)13(19)10-3-2-4-11(12(10)15)18(20)21/h2-4H,5-8H2,1H3. The Morgan fingerprint density at radius 3 is 2.62 bits per heavy atom. The molecule has 0 bridgehead atoms. The summed E-state index contributed by atoms with van der Waals surface area (Å²) in [6.45, 7) is 2.76. The van der Waals surface area contributed by atoms with E-state index in [1.165, 1.54) is 18.2 Å². The number of piperidine rings is 1. The summed E-state index contributed by atoms with van der Waals surface area (Å²) < 4.78 is 0. The maximum absolute atomic E-state index is 12.4. The first-order chi connectivity index (χ1) is 9.88. The molecule has 6 nitrogen and oxygen atoms in total. The Labute approximate surface area is 127 Å². The van der Waals surface area contributed by atoms with E-state index in [-0.39, 0.29) is 22.2 Å².